The number of rotatable bonds is 4. The van der Waals surface area contributed by atoms with Crippen LogP contribution in [0.1, 0.15) is 18.1 Å². The number of guanidine groups is 1. The number of piperazine rings is 1. The second kappa shape index (κ2) is 11.3. The third kappa shape index (κ3) is 5.84. The number of aromatic nitrogens is 2. The molecule has 4 rings (SSSR count). The highest BCUT2D eigenvalue weighted by Crippen LogP contribution is 2.18. The highest BCUT2D eigenvalue weighted by Gasteiger charge is 2.23. The summed E-state index contributed by atoms with van der Waals surface area (Å²) in [6.45, 7) is 7.71. The molecule has 31 heavy (non-hydrogen) atoms. The van der Waals surface area contributed by atoms with Crippen LogP contribution in [0, 0.1) is 0 Å². The smallest absolute Gasteiger partial charge is 0.244 e. The van der Waals surface area contributed by atoms with E-state index < -0.39 is 0 Å². The van der Waals surface area contributed by atoms with Crippen LogP contribution in [0.3, 0.4) is 0 Å². The van der Waals surface area contributed by atoms with E-state index in [0.29, 0.717) is 6.54 Å². The zero-order valence-corrected chi connectivity index (χ0v) is 20.2. The Balaban J connectivity index is 0.00000272. The summed E-state index contributed by atoms with van der Waals surface area (Å²) in [4.78, 5) is 32.4. The van der Waals surface area contributed by atoms with Gasteiger partial charge in [0, 0.05) is 58.2 Å². The molecule has 3 heterocycles. The number of amides is 1. The normalized spacial score (nSPS) is 16.4. The summed E-state index contributed by atoms with van der Waals surface area (Å²) < 4.78 is 0. The summed E-state index contributed by atoms with van der Waals surface area (Å²) in [6, 6.07) is 10.2. The summed E-state index contributed by atoms with van der Waals surface area (Å²) in [5, 5.41) is 3.34. The van der Waals surface area contributed by atoms with E-state index in [1.807, 2.05) is 24.0 Å². The highest BCUT2D eigenvalue weighted by atomic mass is 127. The maximum absolute atomic E-state index is 12.8. The van der Waals surface area contributed by atoms with Crippen molar-refractivity contribution in [2.24, 2.45) is 4.99 Å². The van der Waals surface area contributed by atoms with Gasteiger partial charge >= 0.3 is 0 Å². The van der Waals surface area contributed by atoms with Crippen molar-refractivity contribution in [1.82, 2.24) is 25.1 Å². The molecule has 1 amide bonds. The van der Waals surface area contributed by atoms with E-state index >= 15 is 0 Å². The molecule has 0 atom stereocenters. The van der Waals surface area contributed by atoms with Crippen molar-refractivity contribution in [1.29, 1.82) is 0 Å². The summed E-state index contributed by atoms with van der Waals surface area (Å²) in [5.41, 5.74) is 2.59. The Morgan fingerprint density at radius 2 is 1.71 bits per heavy atom. The zero-order chi connectivity index (χ0) is 20.8. The number of halogens is 1. The van der Waals surface area contributed by atoms with E-state index in [0.717, 1.165) is 57.6 Å². The first-order valence-electron chi connectivity index (χ1n) is 10.6. The zero-order valence-electron chi connectivity index (χ0n) is 17.9. The van der Waals surface area contributed by atoms with Crippen LogP contribution in [-0.2, 0) is 17.8 Å². The van der Waals surface area contributed by atoms with E-state index in [9.17, 15) is 4.79 Å². The number of aliphatic imine (C=N–C) groups is 1. The first kappa shape index (κ1) is 23.2. The average Bonchev–Trinajstić information content (AvgIpc) is 2.82. The number of hydrogen-bond acceptors (Lipinski definition) is 5. The van der Waals surface area contributed by atoms with Gasteiger partial charge in [-0.25, -0.2) is 15.0 Å². The van der Waals surface area contributed by atoms with Crippen molar-refractivity contribution in [2.45, 2.75) is 19.9 Å². The molecule has 0 aliphatic carbocycles. The SMILES string of the molecule is CCNC(=NCC(=O)N1CCc2ccccc2C1)N1CCN(c2ncccn2)CC1.I. The van der Waals surface area contributed by atoms with E-state index in [1.165, 1.54) is 11.1 Å². The van der Waals surface area contributed by atoms with Gasteiger partial charge < -0.3 is 20.0 Å². The van der Waals surface area contributed by atoms with Crippen molar-refractivity contribution in [3.05, 3.63) is 53.9 Å². The minimum atomic E-state index is 0. The molecular formula is C22H30IN7O. The van der Waals surface area contributed by atoms with Crippen molar-refractivity contribution < 1.29 is 4.79 Å². The van der Waals surface area contributed by atoms with Crippen LogP contribution in [0.5, 0.6) is 0 Å². The first-order chi connectivity index (χ1) is 14.7. The van der Waals surface area contributed by atoms with Gasteiger partial charge in [0.1, 0.15) is 6.54 Å². The van der Waals surface area contributed by atoms with Crippen molar-refractivity contribution in [2.75, 3.05) is 50.7 Å². The van der Waals surface area contributed by atoms with Crippen molar-refractivity contribution in [3.63, 3.8) is 0 Å². The molecular weight excluding hydrogens is 505 g/mol. The molecule has 1 N–H and O–H groups in total. The molecule has 0 saturated carbocycles. The molecule has 0 unspecified atom stereocenters. The molecule has 2 aliphatic rings. The number of anilines is 1. The summed E-state index contributed by atoms with van der Waals surface area (Å²) >= 11 is 0. The Bertz CT molecular complexity index is 884. The maximum Gasteiger partial charge on any atom is 0.244 e. The quantitative estimate of drug-likeness (QED) is 0.366. The van der Waals surface area contributed by atoms with Gasteiger partial charge in [0.05, 0.1) is 0 Å². The number of benzene rings is 1. The van der Waals surface area contributed by atoms with E-state index in [4.69, 9.17) is 0 Å². The fraction of sp³-hybridized carbons (Fsp3) is 0.455. The number of hydrogen-bond donors (Lipinski definition) is 1. The predicted octanol–water partition coefficient (Wildman–Crippen LogP) is 1.77. The van der Waals surface area contributed by atoms with Gasteiger partial charge in [-0.15, -0.1) is 24.0 Å². The Labute approximate surface area is 200 Å². The average molecular weight is 535 g/mol. The molecule has 0 bridgehead atoms. The van der Waals surface area contributed by atoms with Crippen LogP contribution in [0.25, 0.3) is 0 Å². The second-order valence-corrected chi connectivity index (χ2v) is 7.53. The number of carbonyl (C=O) groups excluding carboxylic acids is 1. The van der Waals surface area contributed by atoms with Crippen LogP contribution >= 0.6 is 24.0 Å². The van der Waals surface area contributed by atoms with Crippen LogP contribution in [0.15, 0.2) is 47.7 Å². The number of nitrogens with zero attached hydrogens (tertiary/aromatic N) is 6. The summed E-state index contributed by atoms with van der Waals surface area (Å²) in [6.07, 6.45) is 4.45. The van der Waals surface area contributed by atoms with Crippen LogP contribution in [-0.4, -0.2) is 77.4 Å². The monoisotopic (exact) mass is 535 g/mol. The van der Waals surface area contributed by atoms with Gasteiger partial charge in [0.15, 0.2) is 5.96 Å². The van der Waals surface area contributed by atoms with Crippen LogP contribution < -0.4 is 10.2 Å². The summed E-state index contributed by atoms with van der Waals surface area (Å²) in [5.74, 6) is 1.65. The number of carbonyl (C=O) groups is 1. The van der Waals surface area contributed by atoms with Crippen LogP contribution in [0.2, 0.25) is 0 Å². The standard InChI is InChI=1S/C22H29N7O.HI/c1-2-23-21(27-12-14-28(15-13-27)22-24-9-5-10-25-22)26-16-20(30)29-11-8-18-6-3-4-7-19(18)17-29;/h3-7,9-10H,2,8,11-17H2,1H3,(H,23,26);1H. The third-order valence-electron chi connectivity index (χ3n) is 5.60. The fourth-order valence-corrected chi connectivity index (χ4v) is 3.95. The van der Waals surface area contributed by atoms with Gasteiger partial charge in [-0.3, -0.25) is 4.79 Å². The van der Waals surface area contributed by atoms with Gasteiger partial charge in [-0.05, 0) is 30.5 Å². The van der Waals surface area contributed by atoms with Gasteiger partial charge in [-0.2, -0.15) is 0 Å². The van der Waals surface area contributed by atoms with E-state index in [2.05, 4.69) is 48.3 Å². The minimum Gasteiger partial charge on any atom is -0.357 e. The van der Waals surface area contributed by atoms with E-state index in [-0.39, 0.29) is 36.4 Å². The Kier molecular flexibility index (Phi) is 8.44. The Morgan fingerprint density at radius 1 is 1.00 bits per heavy atom. The largest absolute Gasteiger partial charge is 0.357 e. The lowest BCUT2D eigenvalue weighted by Crippen LogP contribution is -2.53. The number of nitrogens with one attached hydrogen (secondary N) is 1. The molecule has 1 fully saturated rings. The van der Waals surface area contributed by atoms with Gasteiger partial charge in [0.2, 0.25) is 11.9 Å². The third-order valence-corrected chi connectivity index (χ3v) is 5.60. The molecule has 9 heteroatoms. The predicted molar refractivity (Wildman–Crippen MR) is 133 cm³/mol. The molecule has 166 valence electrons. The van der Waals surface area contributed by atoms with E-state index in [1.54, 1.807) is 12.4 Å². The highest BCUT2D eigenvalue weighted by molar-refractivity contribution is 14.0. The van der Waals surface area contributed by atoms with Gasteiger partial charge in [-0.1, -0.05) is 24.3 Å². The lowest BCUT2D eigenvalue weighted by atomic mass is 10.00. The Morgan fingerprint density at radius 3 is 2.42 bits per heavy atom. The van der Waals surface area contributed by atoms with Crippen LogP contribution in [0.4, 0.5) is 5.95 Å². The Hall–Kier alpha value is -2.43. The maximum atomic E-state index is 12.8. The first-order valence-corrected chi connectivity index (χ1v) is 10.6. The van der Waals surface area contributed by atoms with Crippen molar-refractivity contribution in [3.8, 4) is 0 Å². The molecule has 0 spiro atoms. The van der Waals surface area contributed by atoms with Gasteiger partial charge in [0.25, 0.3) is 0 Å². The molecule has 0 radical (unpaired) electrons. The minimum absolute atomic E-state index is 0. The van der Waals surface area contributed by atoms with Crippen molar-refractivity contribution >= 4 is 41.8 Å². The molecule has 2 aromatic rings. The molecule has 2 aliphatic heterocycles. The molecule has 1 saturated heterocycles. The molecule has 1 aromatic heterocycles. The lowest BCUT2D eigenvalue weighted by molar-refractivity contribution is -0.130. The molecule has 8 nitrogen and oxygen atoms in total. The lowest BCUT2D eigenvalue weighted by Gasteiger charge is -2.36. The fourth-order valence-electron chi connectivity index (χ4n) is 3.95. The second-order valence-electron chi connectivity index (χ2n) is 7.53. The molecule has 1 aromatic carbocycles. The topological polar surface area (TPSA) is 77.0 Å². The number of fused-ring (bicyclic) bond motifs is 1. The summed E-state index contributed by atoms with van der Waals surface area (Å²) in [7, 11) is 0.